The third-order valence-electron chi connectivity index (χ3n) is 4.80. The first-order chi connectivity index (χ1) is 9.52. The van der Waals surface area contributed by atoms with Crippen molar-refractivity contribution in [2.75, 3.05) is 13.1 Å². The average Bonchev–Trinajstić information content (AvgIpc) is 3.13. The maximum atomic E-state index is 12.4. The number of carbonyl (C=O) groups is 2. The number of aliphatic carboxylic acids is 1. The van der Waals surface area contributed by atoms with Crippen molar-refractivity contribution in [1.29, 1.82) is 0 Å². The highest BCUT2D eigenvalue weighted by Crippen LogP contribution is 2.59. The van der Waals surface area contributed by atoms with Gasteiger partial charge in [0.05, 0.1) is 5.92 Å². The summed E-state index contributed by atoms with van der Waals surface area (Å²) in [6, 6.07) is 7.62. The average molecular weight is 273 g/mol. The summed E-state index contributed by atoms with van der Waals surface area (Å²) in [7, 11) is 0. The topological polar surface area (TPSA) is 57.6 Å². The number of carbonyl (C=O) groups excluding carboxylic acids is 1. The van der Waals surface area contributed by atoms with Crippen LogP contribution in [0.15, 0.2) is 24.3 Å². The summed E-state index contributed by atoms with van der Waals surface area (Å²) >= 11 is 0. The summed E-state index contributed by atoms with van der Waals surface area (Å²) in [5.74, 6) is -0.793. The molecule has 2 aliphatic rings. The molecule has 4 heteroatoms. The molecule has 1 aliphatic heterocycles. The zero-order valence-corrected chi connectivity index (χ0v) is 11.6. The van der Waals surface area contributed by atoms with Crippen molar-refractivity contribution in [3.8, 4) is 0 Å². The highest BCUT2D eigenvalue weighted by atomic mass is 16.4. The lowest BCUT2D eigenvalue weighted by atomic mass is 9.90. The molecule has 0 radical (unpaired) electrons. The van der Waals surface area contributed by atoms with Gasteiger partial charge in [-0.2, -0.15) is 0 Å². The van der Waals surface area contributed by atoms with Crippen LogP contribution in [0.4, 0.5) is 0 Å². The Kier molecular flexibility index (Phi) is 3.04. The Morgan fingerprint density at radius 1 is 1.30 bits per heavy atom. The Morgan fingerprint density at radius 3 is 2.55 bits per heavy atom. The van der Waals surface area contributed by atoms with Crippen molar-refractivity contribution in [2.45, 2.75) is 26.2 Å². The Morgan fingerprint density at radius 2 is 2.00 bits per heavy atom. The Hall–Kier alpha value is -1.84. The van der Waals surface area contributed by atoms with Crippen molar-refractivity contribution in [3.05, 3.63) is 35.4 Å². The van der Waals surface area contributed by atoms with Gasteiger partial charge in [0.25, 0.3) is 5.91 Å². The number of amides is 1. The van der Waals surface area contributed by atoms with Crippen molar-refractivity contribution in [2.24, 2.45) is 11.3 Å². The number of rotatable bonds is 2. The van der Waals surface area contributed by atoms with Crippen LogP contribution in [-0.2, 0) is 4.79 Å². The number of hydrogen-bond acceptors (Lipinski definition) is 2. The van der Waals surface area contributed by atoms with Gasteiger partial charge in [-0.1, -0.05) is 17.7 Å². The summed E-state index contributed by atoms with van der Waals surface area (Å²) in [4.78, 5) is 25.3. The summed E-state index contributed by atoms with van der Waals surface area (Å²) in [5.41, 5.74) is 1.79. The normalized spacial score (nSPS) is 23.6. The molecule has 1 saturated carbocycles. The first kappa shape index (κ1) is 13.2. The fourth-order valence-corrected chi connectivity index (χ4v) is 3.37. The molecule has 20 heavy (non-hydrogen) atoms. The molecule has 1 heterocycles. The molecule has 106 valence electrons. The lowest BCUT2D eigenvalue weighted by Crippen LogP contribution is -2.40. The lowest BCUT2D eigenvalue weighted by Gasteiger charge is -2.32. The molecule has 1 aromatic carbocycles. The lowest BCUT2D eigenvalue weighted by molar-refractivity contribution is -0.139. The molecule has 1 amide bonds. The minimum Gasteiger partial charge on any atom is -0.481 e. The van der Waals surface area contributed by atoms with E-state index < -0.39 is 5.97 Å². The van der Waals surface area contributed by atoms with Crippen molar-refractivity contribution in [1.82, 2.24) is 4.90 Å². The third-order valence-corrected chi connectivity index (χ3v) is 4.80. The van der Waals surface area contributed by atoms with Crippen LogP contribution in [0.2, 0.25) is 0 Å². The summed E-state index contributed by atoms with van der Waals surface area (Å²) in [6.07, 6.45) is 2.43. The van der Waals surface area contributed by atoms with E-state index in [9.17, 15) is 9.59 Å². The molecule has 0 aromatic heterocycles. The smallest absolute Gasteiger partial charge is 0.307 e. The van der Waals surface area contributed by atoms with E-state index in [2.05, 4.69) is 0 Å². The maximum Gasteiger partial charge on any atom is 0.307 e. The predicted octanol–water partition coefficient (Wildman–Crippen LogP) is 2.32. The Bertz CT molecular complexity index is 559. The summed E-state index contributed by atoms with van der Waals surface area (Å²) < 4.78 is 0. The molecule has 4 nitrogen and oxygen atoms in total. The van der Waals surface area contributed by atoms with Gasteiger partial charge in [0.2, 0.25) is 0 Å². The van der Waals surface area contributed by atoms with E-state index in [-0.39, 0.29) is 17.2 Å². The zero-order valence-electron chi connectivity index (χ0n) is 11.6. The van der Waals surface area contributed by atoms with Crippen LogP contribution in [0.3, 0.4) is 0 Å². The second-order valence-electron chi connectivity index (χ2n) is 6.12. The van der Waals surface area contributed by atoms with Crippen LogP contribution in [0.5, 0.6) is 0 Å². The number of aryl methyl sites for hydroxylation is 1. The number of benzene rings is 1. The van der Waals surface area contributed by atoms with Gasteiger partial charge in [0.15, 0.2) is 0 Å². The predicted molar refractivity (Wildman–Crippen MR) is 74.5 cm³/mol. The number of carboxylic acid groups (broad SMARTS) is 1. The quantitative estimate of drug-likeness (QED) is 0.899. The van der Waals surface area contributed by atoms with E-state index in [1.807, 2.05) is 36.1 Å². The first-order valence-electron chi connectivity index (χ1n) is 7.11. The van der Waals surface area contributed by atoms with Crippen LogP contribution < -0.4 is 0 Å². The van der Waals surface area contributed by atoms with Gasteiger partial charge in [-0.3, -0.25) is 9.59 Å². The van der Waals surface area contributed by atoms with Gasteiger partial charge in [-0.25, -0.2) is 0 Å². The standard InChI is InChI=1S/C16H19NO3/c1-11-3-2-4-12(9-11)14(18)17-7-5-16(6-8-17)10-13(16)15(19)20/h2-4,9,13H,5-8,10H2,1H3,(H,19,20). The van der Waals surface area contributed by atoms with E-state index in [4.69, 9.17) is 5.11 Å². The minimum atomic E-state index is -0.677. The molecule has 0 bridgehead atoms. The number of nitrogens with zero attached hydrogens (tertiary/aromatic N) is 1. The van der Waals surface area contributed by atoms with Crippen LogP contribution >= 0.6 is 0 Å². The SMILES string of the molecule is Cc1cccc(C(=O)N2CCC3(CC2)CC3C(=O)O)c1. The molecule has 1 aromatic rings. The van der Waals surface area contributed by atoms with Crippen LogP contribution in [0.1, 0.15) is 35.2 Å². The van der Waals surface area contributed by atoms with Crippen LogP contribution in [0, 0.1) is 18.3 Å². The summed E-state index contributed by atoms with van der Waals surface area (Å²) in [6.45, 7) is 3.33. The molecule has 1 unspecified atom stereocenters. The van der Waals surface area contributed by atoms with Crippen molar-refractivity contribution >= 4 is 11.9 Å². The molecule has 2 fully saturated rings. The van der Waals surface area contributed by atoms with Crippen LogP contribution in [-0.4, -0.2) is 35.0 Å². The second-order valence-corrected chi connectivity index (χ2v) is 6.12. The van der Waals surface area contributed by atoms with Gasteiger partial charge >= 0.3 is 5.97 Å². The first-order valence-corrected chi connectivity index (χ1v) is 7.11. The van der Waals surface area contributed by atoms with E-state index in [0.717, 1.165) is 30.4 Å². The number of hydrogen-bond donors (Lipinski definition) is 1. The molecule has 1 spiro atoms. The fraction of sp³-hybridized carbons (Fsp3) is 0.500. The number of carboxylic acids is 1. The highest BCUT2D eigenvalue weighted by Gasteiger charge is 2.59. The Labute approximate surface area is 118 Å². The minimum absolute atomic E-state index is 0.0186. The van der Waals surface area contributed by atoms with Crippen molar-refractivity contribution in [3.63, 3.8) is 0 Å². The van der Waals surface area contributed by atoms with Crippen LogP contribution in [0.25, 0.3) is 0 Å². The van der Waals surface area contributed by atoms with E-state index in [1.54, 1.807) is 0 Å². The number of piperidine rings is 1. The van der Waals surface area contributed by atoms with Gasteiger partial charge in [0.1, 0.15) is 0 Å². The zero-order chi connectivity index (χ0) is 14.3. The van der Waals surface area contributed by atoms with Gasteiger partial charge in [-0.15, -0.1) is 0 Å². The largest absolute Gasteiger partial charge is 0.481 e. The van der Waals surface area contributed by atoms with Crippen molar-refractivity contribution < 1.29 is 14.7 Å². The molecular formula is C16H19NO3. The molecule has 1 N–H and O–H groups in total. The fourth-order valence-electron chi connectivity index (χ4n) is 3.37. The van der Waals surface area contributed by atoms with Gasteiger partial charge in [0, 0.05) is 18.7 Å². The molecule has 1 atom stereocenters. The highest BCUT2D eigenvalue weighted by molar-refractivity contribution is 5.94. The molecule has 1 aliphatic carbocycles. The Balaban J connectivity index is 1.64. The van der Waals surface area contributed by atoms with E-state index >= 15 is 0 Å². The summed E-state index contributed by atoms with van der Waals surface area (Å²) in [5, 5.41) is 9.07. The second kappa shape index (κ2) is 4.62. The van der Waals surface area contributed by atoms with E-state index in [0.29, 0.717) is 13.1 Å². The van der Waals surface area contributed by atoms with Gasteiger partial charge in [-0.05, 0) is 43.7 Å². The molecule has 1 saturated heterocycles. The monoisotopic (exact) mass is 273 g/mol. The third kappa shape index (κ3) is 2.19. The molecular weight excluding hydrogens is 254 g/mol. The van der Waals surface area contributed by atoms with Gasteiger partial charge < -0.3 is 10.0 Å². The number of likely N-dealkylation sites (tertiary alicyclic amines) is 1. The maximum absolute atomic E-state index is 12.4. The molecule has 3 rings (SSSR count). The van der Waals surface area contributed by atoms with E-state index in [1.165, 1.54) is 0 Å².